The van der Waals surface area contributed by atoms with Crippen molar-refractivity contribution in [3.05, 3.63) is 29.6 Å². The van der Waals surface area contributed by atoms with E-state index in [1.54, 1.807) is 0 Å². The summed E-state index contributed by atoms with van der Waals surface area (Å²) in [5.41, 5.74) is 10.3. The van der Waals surface area contributed by atoms with Gasteiger partial charge in [-0.25, -0.2) is 4.98 Å². The lowest BCUT2D eigenvalue weighted by Gasteiger charge is -2.28. The van der Waals surface area contributed by atoms with E-state index in [4.69, 9.17) is 10.7 Å². The van der Waals surface area contributed by atoms with Crippen molar-refractivity contribution in [3.8, 4) is 0 Å². The fraction of sp³-hybridized carbons (Fsp3) is 0.562. The van der Waals surface area contributed by atoms with Crippen LogP contribution in [0.4, 0.5) is 0 Å². The van der Waals surface area contributed by atoms with Gasteiger partial charge in [-0.3, -0.25) is 0 Å². The normalized spacial score (nSPS) is 21.1. The highest BCUT2D eigenvalue weighted by molar-refractivity contribution is 5.77. The van der Waals surface area contributed by atoms with Gasteiger partial charge in [0.15, 0.2) is 0 Å². The molecule has 1 aliphatic heterocycles. The zero-order valence-corrected chi connectivity index (χ0v) is 11.4. The summed E-state index contributed by atoms with van der Waals surface area (Å²) >= 11 is 0. The summed E-state index contributed by atoms with van der Waals surface area (Å²) < 4.78 is 2.40. The molecule has 2 aromatic rings. The molecule has 1 fully saturated rings. The van der Waals surface area contributed by atoms with Crippen molar-refractivity contribution in [2.45, 2.75) is 50.5 Å². The Morgan fingerprint density at radius 3 is 2.84 bits per heavy atom. The molecule has 4 rings (SSSR count). The van der Waals surface area contributed by atoms with Gasteiger partial charge in [0.25, 0.3) is 0 Å². The van der Waals surface area contributed by atoms with E-state index >= 15 is 0 Å². The molecular weight excluding hydrogens is 234 g/mol. The van der Waals surface area contributed by atoms with Crippen LogP contribution in [0.15, 0.2) is 18.2 Å². The molecule has 3 heteroatoms. The molecule has 1 aromatic carbocycles. The van der Waals surface area contributed by atoms with Crippen LogP contribution in [0.1, 0.15) is 43.5 Å². The van der Waals surface area contributed by atoms with E-state index in [9.17, 15) is 0 Å². The number of aryl methyl sites for hydroxylation is 2. The first-order chi connectivity index (χ1) is 9.32. The third kappa shape index (κ3) is 1.57. The second kappa shape index (κ2) is 4.07. The van der Waals surface area contributed by atoms with E-state index in [2.05, 4.69) is 22.8 Å². The number of fused-ring (bicyclic) bond motifs is 3. The fourth-order valence-corrected chi connectivity index (χ4v) is 4.00. The van der Waals surface area contributed by atoms with E-state index in [1.165, 1.54) is 49.0 Å². The van der Waals surface area contributed by atoms with Crippen LogP contribution in [0, 0.1) is 0 Å². The highest BCUT2D eigenvalue weighted by Gasteiger charge is 2.34. The molecule has 3 nitrogen and oxygen atoms in total. The number of nitrogens with two attached hydrogens (primary N) is 1. The molecular formula is C16H21N3. The standard InChI is InChI=1S/C16H21N3/c17-11-16(7-1-2-8-16)12-5-6-13-14(10-12)19-9-3-4-15(19)18-13/h5-6,10H,1-4,7-9,11,17H2. The zero-order valence-electron chi connectivity index (χ0n) is 11.4. The molecule has 1 aromatic heterocycles. The summed E-state index contributed by atoms with van der Waals surface area (Å²) in [6.07, 6.45) is 7.50. The summed E-state index contributed by atoms with van der Waals surface area (Å²) in [7, 11) is 0. The molecule has 2 aliphatic rings. The number of nitrogens with zero attached hydrogens (tertiary/aromatic N) is 2. The minimum Gasteiger partial charge on any atom is -0.330 e. The predicted octanol–water partition coefficient (Wildman–Crippen LogP) is 2.75. The Hall–Kier alpha value is -1.35. The van der Waals surface area contributed by atoms with Crippen molar-refractivity contribution >= 4 is 11.0 Å². The van der Waals surface area contributed by atoms with Crippen molar-refractivity contribution in [1.82, 2.24) is 9.55 Å². The molecule has 0 amide bonds. The van der Waals surface area contributed by atoms with Gasteiger partial charge < -0.3 is 10.3 Å². The first-order valence-corrected chi connectivity index (χ1v) is 7.52. The van der Waals surface area contributed by atoms with Crippen molar-refractivity contribution in [3.63, 3.8) is 0 Å². The highest BCUT2D eigenvalue weighted by Crippen LogP contribution is 2.41. The van der Waals surface area contributed by atoms with Gasteiger partial charge in [-0.2, -0.15) is 0 Å². The molecule has 100 valence electrons. The number of aromatic nitrogens is 2. The van der Waals surface area contributed by atoms with Crippen LogP contribution in [0.25, 0.3) is 11.0 Å². The molecule has 0 bridgehead atoms. The van der Waals surface area contributed by atoms with Crippen LogP contribution < -0.4 is 5.73 Å². The number of rotatable bonds is 2. The fourth-order valence-electron chi connectivity index (χ4n) is 4.00. The van der Waals surface area contributed by atoms with E-state index in [-0.39, 0.29) is 5.41 Å². The second-order valence-corrected chi connectivity index (χ2v) is 6.18. The maximum Gasteiger partial charge on any atom is 0.109 e. The maximum atomic E-state index is 6.11. The van der Waals surface area contributed by atoms with Crippen LogP contribution in [0.3, 0.4) is 0 Å². The van der Waals surface area contributed by atoms with Crippen molar-refractivity contribution < 1.29 is 0 Å². The summed E-state index contributed by atoms with van der Waals surface area (Å²) in [6, 6.07) is 6.84. The summed E-state index contributed by atoms with van der Waals surface area (Å²) in [4.78, 5) is 4.74. The van der Waals surface area contributed by atoms with Gasteiger partial charge in [0, 0.05) is 24.9 Å². The van der Waals surface area contributed by atoms with Crippen molar-refractivity contribution in [2.24, 2.45) is 5.73 Å². The average Bonchev–Trinajstić information content (AvgIpc) is 3.14. The lowest BCUT2D eigenvalue weighted by Crippen LogP contribution is -2.31. The minimum absolute atomic E-state index is 0.234. The summed E-state index contributed by atoms with van der Waals surface area (Å²) in [6.45, 7) is 1.91. The Labute approximate surface area is 113 Å². The predicted molar refractivity (Wildman–Crippen MR) is 77.3 cm³/mol. The molecule has 1 saturated carbocycles. The second-order valence-electron chi connectivity index (χ2n) is 6.18. The van der Waals surface area contributed by atoms with Crippen LogP contribution in [-0.2, 0) is 18.4 Å². The van der Waals surface area contributed by atoms with Gasteiger partial charge >= 0.3 is 0 Å². The Balaban J connectivity index is 1.87. The molecule has 0 spiro atoms. The average molecular weight is 255 g/mol. The Morgan fingerprint density at radius 2 is 2.05 bits per heavy atom. The zero-order chi connectivity index (χ0) is 12.9. The molecule has 0 unspecified atom stereocenters. The lowest BCUT2D eigenvalue weighted by molar-refractivity contribution is 0.453. The molecule has 19 heavy (non-hydrogen) atoms. The smallest absolute Gasteiger partial charge is 0.109 e. The summed E-state index contributed by atoms with van der Waals surface area (Å²) in [5.74, 6) is 1.26. The van der Waals surface area contributed by atoms with Crippen LogP contribution in [0.2, 0.25) is 0 Å². The third-order valence-corrected chi connectivity index (χ3v) is 5.17. The monoisotopic (exact) mass is 255 g/mol. The maximum absolute atomic E-state index is 6.11. The molecule has 2 heterocycles. The molecule has 0 atom stereocenters. The molecule has 0 saturated heterocycles. The van der Waals surface area contributed by atoms with Crippen molar-refractivity contribution in [2.75, 3.05) is 6.54 Å². The SMILES string of the molecule is NCC1(c2ccc3nc4n(c3c2)CCC4)CCCC1. The number of imidazole rings is 1. The number of benzene rings is 1. The van der Waals surface area contributed by atoms with Gasteiger partial charge in [0.2, 0.25) is 0 Å². The van der Waals surface area contributed by atoms with E-state index < -0.39 is 0 Å². The van der Waals surface area contributed by atoms with E-state index in [0.29, 0.717) is 0 Å². The Bertz CT molecular complexity index is 620. The Morgan fingerprint density at radius 1 is 1.21 bits per heavy atom. The van der Waals surface area contributed by atoms with Crippen LogP contribution in [-0.4, -0.2) is 16.1 Å². The third-order valence-electron chi connectivity index (χ3n) is 5.17. The largest absolute Gasteiger partial charge is 0.330 e. The van der Waals surface area contributed by atoms with Crippen LogP contribution >= 0.6 is 0 Å². The van der Waals surface area contributed by atoms with Gasteiger partial charge in [0.1, 0.15) is 5.82 Å². The van der Waals surface area contributed by atoms with Gasteiger partial charge in [-0.15, -0.1) is 0 Å². The highest BCUT2D eigenvalue weighted by atomic mass is 15.1. The molecule has 1 aliphatic carbocycles. The molecule has 0 radical (unpaired) electrons. The van der Waals surface area contributed by atoms with Crippen molar-refractivity contribution in [1.29, 1.82) is 0 Å². The Kier molecular flexibility index (Phi) is 2.46. The van der Waals surface area contributed by atoms with Crippen LogP contribution in [0.5, 0.6) is 0 Å². The lowest BCUT2D eigenvalue weighted by atomic mass is 9.79. The van der Waals surface area contributed by atoms with Gasteiger partial charge in [-0.1, -0.05) is 18.9 Å². The topological polar surface area (TPSA) is 43.8 Å². The summed E-state index contributed by atoms with van der Waals surface area (Å²) in [5, 5.41) is 0. The number of hydrogen-bond acceptors (Lipinski definition) is 2. The first-order valence-electron chi connectivity index (χ1n) is 7.52. The number of hydrogen-bond donors (Lipinski definition) is 1. The molecule has 2 N–H and O–H groups in total. The minimum atomic E-state index is 0.234. The van der Waals surface area contributed by atoms with Gasteiger partial charge in [0.05, 0.1) is 11.0 Å². The quantitative estimate of drug-likeness (QED) is 0.896. The van der Waals surface area contributed by atoms with E-state index in [0.717, 1.165) is 25.0 Å². The van der Waals surface area contributed by atoms with Gasteiger partial charge in [-0.05, 0) is 37.0 Å². The van der Waals surface area contributed by atoms with E-state index in [1.807, 2.05) is 0 Å². The first kappa shape index (κ1) is 11.5.